The van der Waals surface area contributed by atoms with Crippen molar-refractivity contribution >= 4 is 11.6 Å². The molecule has 0 spiro atoms. The molecule has 2 unspecified atom stereocenters. The topological polar surface area (TPSA) is 58.4 Å². The third-order valence-corrected chi connectivity index (χ3v) is 4.71. The average molecular weight is 287 g/mol. The number of amides is 1. The second-order valence-electron chi connectivity index (χ2n) is 6.37. The number of carbonyl (C=O) groups excluding carboxylic acids is 1. The van der Waals surface area contributed by atoms with E-state index in [-0.39, 0.29) is 17.9 Å². The predicted molar refractivity (Wildman–Crippen MR) is 84.9 cm³/mol. The summed E-state index contributed by atoms with van der Waals surface area (Å²) in [6.45, 7) is 3.35. The van der Waals surface area contributed by atoms with Crippen LogP contribution in [0.2, 0.25) is 0 Å². The Morgan fingerprint density at radius 1 is 1.24 bits per heavy atom. The van der Waals surface area contributed by atoms with Crippen molar-refractivity contribution in [2.45, 2.75) is 44.7 Å². The summed E-state index contributed by atoms with van der Waals surface area (Å²) in [7, 11) is 0. The van der Waals surface area contributed by atoms with Gasteiger partial charge in [0.25, 0.3) is 0 Å². The zero-order valence-electron chi connectivity index (χ0n) is 12.6. The summed E-state index contributed by atoms with van der Waals surface area (Å²) in [6, 6.07) is 8.24. The summed E-state index contributed by atoms with van der Waals surface area (Å²) in [4.78, 5) is 14.7. The molecule has 1 aromatic carbocycles. The van der Waals surface area contributed by atoms with Gasteiger partial charge in [-0.15, -0.1) is 0 Å². The van der Waals surface area contributed by atoms with Crippen molar-refractivity contribution in [3.8, 4) is 0 Å². The molecule has 2 fully saturated rings. The van der Waals surface area contributed by atoms with Crippen molar-refractivity contribution in [3.05, 3.63) is 29.8 Å². The van der Waals surface area contributed by atoms with Gasteiger partial charge in [-0.1, -0.05) is 18.6 Å². The lowest BCUT2D eigenvalue weighted by molar-refractivity contribution is -0.120. The molecule has 1 saturated heterocycles. The van der Waals surface area contributed by atoms with E-state index in [2.05, 4.69) is 22.3 Å². The number of hydrogen-bond acceptors (Lipinski definition) is 3. The van der Waals surface area contributed by atoms with Crippen LogP contribution >= 0.6 is 0 Å². The maximum Gasteiger partial charge on any atom is 0.229 e. The van der Waals surface area contributed by atoms with Gasteiger partial charge in [0.2, 0.25) is 5.91 Å². The number of likely N-dealkylation sites (tertiary alicyclic amines) is 1. The van der Waals surface area contributed by atoms with E-state index in [9.17, 15) is 4.79 Å². The zero-order valence-corrected chi connectivity index (χ0v) is 12.6. The fourth-order valence-corrected chi connectivity index (χ4v) is 3.50. The fourth-order valence-electron chi connectivity index (χ4n) is 3.50. The molecule has 21 heavy (non-hydrogen) atoms. The minimum Gasteiger partial charge on any atom is -0.327 e. The lowest BCUT2D eigenvalue weighted by Crippen LogP contribution is -2.34. The molecule has 1 saturated carbocycles. The number of nitrogens with zero attached hydrogens (tertiary/aromatic N) is 1. The number of hydrogen-bond donors (Lipinski definition) is 2. The summed E-state index contributed by atoms with van der Waals surface area (Å²) in [5.41, 5.74) is 8.17. The van der Waals surface area contributed by atoms with Crippen LogP contribution in [0.5, 0.6) is 0 Å². The summed E-state index contributed by atoms with van der Waals surface area (Å²) in [5, 5.41) is 3.04. The number of nitrogens with one attached hydrogen (secondary N) is 1. The standard InChI is InChI=1S/C17H25N3O/c18-16-8-4-7-15(16)17(21)19-14-6-3-5-13(11-14)12-20-9-1-2-10-20/h3,5-6,11,15-16H,1-2,4,7-10,12,18H2,(H,19,21). The number of rotatable bonds is 4. The highest BCUT2D eigenvalue weighted by Gasteiger charge is 2.30. The molecule has 114 valence electrons. The highest BCUT2D eigenvalue weighted by Crippen LogP contribution is 2.25. The smallest absolute Gasteiger partial charge is 0.229 e. The Morgan fingerprint density at radius 2 is 2.05 bits per heavy atom. The van der Waals surface area contributed by atoms with E-state index in [1.807, 2.05) is 12.1 Å². The summed E-state index contributed by atoms with van der Waals surface area (Å²) in [6.07, 6.45) is 5.55. The maximum atomic E-state index is 12.3. The number of anilines is 1. The quantitative estimate of drug-likeness (QED) is 0.893. The highest BCUT2D eigenvalue weighted by molar-refractivity contribution is 5.93. The second kappa shape index (κ2) is 6.58. The summed E-state index contributed by atoms with van der Waals surface area (Å²) < 4.78 is 0. The molecule has 1 aromatic rings. The van der Waals surface area contributed by atoms with E-state index >= 15 is 0 Å². The van der Waals surface area contributed by atoms with E-state index < -0.39 is 0 Å². The Morgan fingerprint density at radius 3 is 2.76 bits per heavy atom. The number of carbonyl (C=O) groups is 1. The first-order valence-corrected chi connectivity index (χ1v) is 8.10. The molecule has 2 atom stereocenters. The van der Waals surface area contributed by atoms with Crippen molar-refractivity contribution < 1.29 is 4.79 Å². The molecule has 3 N–H and O–H groups in total. The molecule has 0 radical (unpaired) electrons. The van der Waals surface area contributed by atoms with Gasteiger partial charge in [0.1, 0.15) is 0 Å². The molecule has 0 bridgehead atoms. The van der Waals surface area contributed by atoms with Crippen molar-refractivity contribution in [2.24, 2.45) is 11.7 Å². The molecule has 2 aliphatic rings. The molecule has 3 rings (SSSR count). The van der Waals surface area contributed by atoms with Crippen molar-refractivity contribution in [1.82, 2.24) is 4.90 Å². The van der Waals surface area contributed by atoms with Gasteiger partial charge >= 0.3 is 0 Å². The van der Waals surface area contributed by atoms with Crippen LogP contribution in [-0.4, -0.2) is 29.9 Å². The predicted octanol–water partition coefficient (Wildman–Crippen LogP) is 2.35. The first-order valence-electron chi connectivity index (χ1n) is 8.10. The molecule has 1 amide bonds. The average Bonchev–Trinajstić information content (AvgIpc) is 3.10. The van der Waals surface area contributed by atoms with Gasteiger partial charge in [0, 0.05) is 18.3 Å². The highest BCUT2D eigenvalue weighted by atomic mass is 16.1. The van der Waals surface area contributed by atoms with Gasteiger partial charge in [-0.05, 0) is 56.5 Å². The molecule has 4 nitrogen and oxygen atoms in total. The van der Waals surface area contributed by atoms with Crippen LogP contribution in [0.4, 0.5) is 5.69 Å². The largest absolute Gasteiger partial charge is 0.327 e. The minimum absolute atomic E-state index is 0.0211. The second-order valence-corrected chi connectivity index (χ2v) is 6.37. The monoisotopic (exact) mass is 287 g/mol. The van der Waals surface area contributed by atoms with Gasteiger partial charge in [0.15, 0.2) is 0 Å². The molecule has 1 heterocycles. The summed E-state index contributed by atoms with van der Waals surface area (Å²) in [5.74, 6) is 0.0607. The van der Waals surface area contributed by atoms with Crippen LogP contribution in [0.15, 0.2) is 24.3 Å². The van der Waals surface area contributed by atoms with E-state index in [1.54, 1.807) is 0 Å². The summed E-state index contributed by atoms with van der Waals surface area (Å²) >= 11 is 0. The molecule has 1 aliphatic carbocycles. The first kappa shape index (κ1) is 14.5. The van der Waals surface area contributed by atoms with Crippen LogP contribution < -0.4 is 11.1 Å². The van der Waals surface area contributed by atoms with Crippen LogP contribution in [0.3, 0.4) is 0 Å². The SMILES string of the molecule is NC1CCCC1C(=O)Nc1cccc(CN2CCCC2)c1. The molecule has 1 aliphatic heterocycles. The third-order valence-electron chi connectivity index (χ3n) is 4.71. The molecular formula is C17H25N3O. The van der Waals surface area contributed by atoms with Crippen LogP contribution in [0.25, 0.3) is 0 Å². The van der Waals surface area contributed by atoms with Crippen LogP contribution in [0.1, 0.15) is 37.7 Å². The van der Waals surface area contributed by atoms with Crippen LogP contribution in [-0.2, 0) is 11.3 Å². The third kappa shape index (κ3) is 3.63. The molecule has 0 aromatic heterocycles. The van der Waals surface area contributed by atoms with Gasteiger partial charge in [-0.3, -0.25) is 9.69 Å². The lowest BCUT2D eigenvalue weighted by Gasteiger charge is -2.17. The Bertz CT molecular complexity index is 497. The Hall–Kier alpha value is -1.39. The number of nitrogens with two attached hydrogens (primary N) is 1. The molecular weight excluding hydrogens is 262 g/mol. The Balaban J connectivity index is 1.61. The van der Waals surface area contributed by atoms with Crippen molar-refractivity contribution in [1.29, 1.82) is 0 Å². The Kier molecular flexibility index (Phi) is 4.56. The van der Waals surface area contributed by atoms with E-state index in [4.69, 9.17) is 5.73 Å². The number of benzene rings is 1. The van der Waals surface area contributed by atoms with Gasteiger partial charge in [-0.25, -0.2) is 0 Å². The minimum atomic E-state index is -0.0211. The van der Waals surface area contributed by atoms with Gasteiger partial charge in [0.05, 0.1) is 5.92 Å². The van der Waals surface area contributed by atoms with Gasteiger partial charge in [-0.2, -0.15) is 0 Å². The fraction of sp³-hybridized carbons (Fsp3) is 0.588. The Labute approximate surface area is 126 Å². The lowest BCUT2D eigenvalue weighted by atomic mass is 10.0. The van der Waals surface area contributed by atoms with E-state index in [1.165, 1.54) is 31.5 Å². The van der Waals surface area contributed by atoms with E-state index in [0.29, 0.717) is 0 Å². The van der Waals surface area contributed by atoms with E-state index in [0.717, 1.165) is 31.5 Å². The van der Waals surface area contributed by atoms with Crippen molar-refractivity contribution in [3.63, 3.8) is 0 Å². The maximum absolute atomic E-state index is 12.3. The van der Waals surface area contributed by atoms with Gasteiger partial charge < -0.3 is 11.1 Å². The first-order chi connectivity index (χ1) is 10.2. The molecule has 4 heteroatoms. The van der Waals surface area contributed by atoms with Crippen molar-refractivity contribution in [2.75, 3.05) is 18.4 Å². The zero-order chi connectivity index (χ0) is 14.7. The van der Waals surface area contributed by atoms with Crippen LogP contribution in [0, 0.1) is 5.92 Å². The normalized spacial score (nSPS) is 26.1.